The van der Waals surface area contributed by atoms with Gasteiger partial charge in [0.05, 0.1) is 0 Å². The lowest BCUT2D eigenvalue weighted by Crippen LogP contribution is -2.38. The van der Waals surface area contributed by atoms with Gasteiger partial charge in [-0.05, 0) is 60.6 Å². The van der Waals surface area contributed by atoms with Crippen molar-refractivity contribution >= 4 is 17.5 Å². The summed E-state index contributed by atoms with van der Waals surface area (Å²) in [5.74, 6) is 0.995. The van der Waals surface area contributed by atoms with Crippen molar-refractivity contribution in [2.75, 3.05) is 13.1 Å². The summed E-state index contributed by atoms with van der Waals surface area (Å²) in [6.45, 7) is 1.61. The standard InChI is InChI=1S/C20H22ClNO2/c21-18-3-1-2-15(14-18)4-9-20(24)22-12-10-17(11-13-22)16-5-7-19(23)8-6-16/h1-3,5-8,14,17,23H,4,9-13H2. The number of hydrogen-bond donors (Lipinski definition) is 1. The van der Waals surface area contributed by atoms with E-state index >= 15 is 0 Å². The molecule has 1 heterocycles. The van der Waals surface area contributed by atoms with Crippen LogP contribution in [0.1, 0.15) is 36.3 Å². The molecule has 0 spiro atoms. The van der Waals surface area contributed by atoms with Gasteiger partial charge in [0.15, 0.2) is 0 Å². The van der Waals surface area contributed by atoms with E-state index in [2.05, 4.69) is 0 Å². The summed E-state index contributed by atoms with van der Waals surface area (Å²) in [6.07, 6.45) is 3.23. The normalized spacial score (nSPS) is 15.5. The van der Waals surface area contributed by atoms with Crippen molar-refractivity contribution in [2.45, 2.75) is 31.6 Å². The zero-order valence-corrected chi connectivity index (χ0v) is 14.4. The third-order valence-corrected chi connectivity index (χ3v) is 4.96. The van der Waals surface area contributed by atoms with Crippen LogP contribution in [0.3, 0.4) is 0 Å². The molecule has 126 valence electrons. The minimum atomic E-state index is 0.221. The van der Waals surface area contributed by atoms with Crippen LogP contribution in [0.25, 0.3) is 0 Å². The molecule has 0 unspecified atom stereocenters. The number of likely N-dealkylation sites (tertiary alicyclic amines) is 1. The molecule has 1 aliphatic heterocycles. The Morgan fingerprint density at radius 2 is 1.83 bits per heavy atom. The molecule has 0 aromatic heterocycles. The van der Waals surface area contributed by atoms with Gasteiger partial charge in [0.1, 0.15) is 5.75 Å². The lowest BCUT2D eigenvalue weighted by atomic mass is 9.89. The minimum Gasteiger partial charge on any atom is -0.508 e. The molecule has 4 heteroatoms. The molecule has 1 amide bonds. The summed E-state index contributed by atoms with van der Waals surface area (Å²) in [6, 6.07) is 15.1. The summed E-state index contributed by atoms with van der Waals surface area (Å²) >= 11 is 5.98. The van der Waals surface area contributed by atoms with Crippen LogP contribution in [0, 0.1) is 0 Å². The molecular formula is C20H22ClNO2. The van der Waals surface area contributed by atoms with Crippen molar-refractivity contribution in [2.24, 2.45) is 0 Å². The molecule has 1 aliphatic rings. The van der Waals surface area contributed by atoms with Crippen LogP contribution < -0.4 is 0 Å². The van der Waals surface area contributed by atoms with E-state index in [0.29, 0.717) is 18.1 Å². The second-order valence-corrected chi connectivity index (χ2v) is 6.81. The zero-order valence-electron chi connectivity index (χ0n) is 13.6. The summed E-state index contributed by atoms with van der Waals surface area (Å²) in [5, 5.41) is 10.1. The number of piperidine rings is 1. The van der Waals surface area contributed by atoms with Gasteiger partial charge in [-0.1, -0.05) is 35.9 Å². The van der Waals surface area contributed by atoms with E-state index in [1.54, 1.807) is 12.1 Å². The Bertz CT molecular complexity index is 691. The Hall–Kier alpha value is -2.00. The molecule has 2 aromatic carbocycles. The Morgan fingerprint density at radius 1 is 1.12 bits per heavy atom. The largest absolute Gasteiger partial charge is 0.508 e. The predicted octanol–water partition coefficient (Wildman–Crippen LogP) is 4.38. The smallest absolute Gasteiger partial charge is 0.222 e. The van der Waals surface area contributed by atoms with E-state index in [4.69, 9.17) is 11.6 Å². The van der Waals surface area contributed by atoms with E-state index in [9.17, 15) is 9.90 Å². The van der Waals surface area contributed by atoms with Gasteiger partial charge < -0.3 is 10.0 Å². The first-order chi connectivity index (χ1) is 11.6. The number of carbonyl (C=O) groups excluding carboxylic acids is 1. The van der Waals surface area contributed by atoms with Crippen molar-refractivity contribution in [1.29, 1.82) is 0 Å². The molecule has 0 bridgehead atoms. The number of phenolic OH excluding ortho intramolecular Hbond substituents is 1. The van der Waals surface area contributed by atoms with E-state index in [-0.39, 0.29) is 5.91 Å². The zero-order chi connectivity index (χ0) is 16.9. The van der Waals surface area contributed by atoms with Gasteiger partial charge in [0, 0.05) is 24.5 Å². The van der Waals surface area contributed by atoms with Gasteiger partial charge in [-0.15, -0.1) is 0 Å². The highest BCUT2D eigenvalue weighted by Gasteiger charge is 2.23. The fraction of sp³-hybridized carbons (Fsp3) is 0.350. The maximum Gasteiger partial charge on any atom is 0.222 e. The number of aryl methyl sites for hydroxylation is 1. The van der Waals surface area contributed by atoms with E-state index in [0.717, 1.165) is 42.9 Å². The van der Waals surface area contributed by atoms with E-state index < -0.39 is 0 Å². The number of rotatable bonds is 4. The van der Waals surface area contributed by atoms with Crippen LogP contribution in [0.5, 0.6) is 5.75 Å². The number of hydrogen-bond acceptors (Lipinski definition) is 2. The van der Waals surface area contributed by atoms with E-state index in [1.165, 1.54) is 5.56 Å². The quantitative estimate of drug-likeness (QED) is 0.894. The molecule has 2 aromatic rings. The van der Waals surface area contributed by atoms with Crippen molar-refractivity contribution < 1.29 is 9.90 Å². The molecule has 3 nitrogen and oxygen atoms in total. The average molecular weight is 344 g/mol. The molecular weight excluding hydrogens is 322 g/mol. The Kier molecular flexibility index (Phi) is 5.41. The number of aromatic hydroxyl groups is 1. The third-order valence-electron chi connectivity index (χ3n) is 4.73. The maximum absolute atomic E-state index is 12.4. The Morgan fingerprint density at radius 3 is 2.50 bits per heavy atom. The summed E-state index contributed by atoms with van der Waals surface area (Å²) in [4.78, 5) is 14.4. The lowest BCUT2D eigenvalue weighted by Gasteiger charge is -2.32. The highest BCUT2D eigenvalue weighted by Crippen LogP contribution is 2.29. The fourth-order valence-electron chi connectivity index (χ4n) is 3.31. The SMILES string of the molecule is O=C(CCc1cccc(Cl)c1)N1CCC(c2ccc(O)cc2)CC1. The molecule has 3 rings (SSSR count). The molecule has 1 fully saturated rings. The second kappa shape index (κ2) is 7.71. The van der Waals surface area contributed by atoms with Gasteiger partial charge in [0.2, 0.25) is 5.91 Å². The number of halogens is 1. The molecule has 1 N–H and O–H groups in total. The number of carbonyl (C=O) groups is 1. The Labute approximate surface area is 147 Å². The first-order valence-corrected chi connectivity index (χ1v) is 8.81. The highest BCUT2D eigenvalue weighted by molar-refractivity contribution is 6.30. The van der Waals surface area contributed by atoms with Crippen LogP contribution in [-0.2, 0) is 11.2 Å². The van der Waals surface area contributed by atoms with Gasteiger partial charge in [-0.3, -0.25) is 4.79 Å². The number of benzene rings is 2. The van der Waals surface area contributed by atoms with E-state index in [1.807, 2.05) is 41.3 Å². The number of amides is 1. The van der Waals surface area contributed by atoms with Gasteiger partial charge >= 0.3 is 0 Å². The molecule has 24 heavy (non-hydrogen) atoms. The molecule has 1 saturated heterocycles. The summed E-state index contributed by atoms with van der Waals surface area (Å²) < 4.78 is 0. The third kappa shape index (κ3) is 4.30. The summed E-state index contributed by atoms with van der Waals surface area (Å²) in [7, 11) is 0. The van der Waals surface area contributed by atoms with Crippen molar-refractivity contribution in [3.05, 3.63) is 64.7 Å². The van der Waals surface area contributed by atoms with Crippen LogP contribution in [0.2, 0.25) is 5.02 Å². The van der Waals surface area contributed by atoms with Crippen LogP contribution in [0.15, 0.2) is 48.5 Å². The maximum atomic E-state index is 12.4. The van der Waals surface area contributed by atoms with Crippen LogP contribution in [-0.4, -0.2) is 29.0 Å². The molecule has 0 saturated carbocycles. The topological polar surface area (TPSA) is 40.5 Å². The van der Waals surface area contributed by atoms with Crippen LogP contribution >= 0.6 is 11.6 Å². The van der Waals surface area contributed by atoms with Gasteiger partial charge in [0.25, 0.3) is 0 Å². The van der Waals surface area contributed by atoms with Crippen molar-refractivity contribution in [1.82, 2.24) is 4.90 Å². The van der Waals surface area contributed by atoms with Crippen LogP contribution in [0.4, 0.5) is 0 Å². The number of phenols is 1. The fourth-order valence-corrected chi connectivity index (χ4v) is 3.52. The van der Waals surface area contributed by atoms with Crippen molar-refractivity contribution in [3.8, 4) is 5.75 Å². The molecule has 0 radical (unpaired) electrons. The lowest BCUT2D eigenvalue weighted by molar-refractivity contribution is -0.132. The molecule has 0 atom stereocenters. The summed E-state index contributed by atoms with van der Waals surface area (Å²) in [5.41, 5.74) is 2.36. The first-order valence-electron chi connectivity index (χ1n) is 8.43. The predicted molar refractivity (Wildman–Crippen MR) is 96.4 cm³/mol. The number of nitrogens with zero attached hydrogens (tertiary/aromatic N) is 1. The highest BCUT2D eigenvalue weighted by atomic mass is 35.5. The van der Waals surface area contributed by atoms with Gasteiger partial charge in [-0.25, -0.2) is 0 Å². The first kappa shape index (κ1) is 16.8. The molecule has 0 aliphatic carbocycles. The van der Waals surface area contributed by atoms with Crippen molar-refractivity contribution in [3.63, 3.8) is 0 Å². The average Bonchev–Trinajstić information content (AvgIpc) is 2.61. The Balaban J connectivity index is 1.49. The van der Waals surface area contributed by atoms with Gasteiger partial charge in [-0.2, -0.15) is 0 Å². The minimum absolute atomic E-state index is 0.221. The monoisotopic (exact) mass is 343 g/mol. The second-order valence-electron chi connectivity index (χ2n) is 6.38.